The summed E-state index contributed by atoms with van der Waals surface area (Å²) in [5.41, 5.74) is 3.56. The molecule has 0 aliphatic heterocycles. The van der Waals surface area contributed by atoms with Gasteiger partial charge in [0.1, 0.15) is 5.58 Å². The van der Waals surface area contributed by atoms with E-state index in [2.05, 4.69) is 10.5 Å². The molecule has 0 fully saturated rings. The number of hydrogen-bond acceptors (Lipinski definition) is 3. The van der Waals surface area contributed by atoms with Crippen molar-refractivity contribution in [2.24, 2.45) is 5.10 Å². The molecular formula is C16H11F3N2O. The van der Waals surface area contributed by atoms with Gasteiger partial charge in [-0.1, -0.05) is 30.3 Å². The lowest BCUT2D eigenvalue weighted by Gasteiger charge is -2.07. The standard InChI is InChI=1S/C16H11F3N2O/c17-16(18,19)15-10-13(12-8-4-5-9-14(12)22-15)21-20-11-6-2-1-3-7-11/h1-10,20H/b21-13-. The van der Waals surface area contributed by atoms with Crippen molar-refractivity contribution in [3.05, 3.63) is 71.8 Å². The van der Waals surface area contributed by atoms with Gasteiger partial charge in [0, 0.05) is 11.5 Å². The molecule has 1 heterocycles. The van der Waals surface area contributed by atoms with Gasteiger partial charge >= 0.3 is 6.18 Å². The summed E-state index contributed by atoms with van der Waals surface area (Å²) in [4.78, 5) is 0. The van der Waals surface area contributed by atoms with Crippen molar-refractivity contribution in [2.45, 2.75) is 6.18 Å². The first kappa shape index (κ1) is 14.2. The Morgan fingerprint density at radius 1 is 0.909 bits per heavy atom. The highest BCUT2D eigenvalue weighted by atomic mass is 19.4. The third kappa shape index (κ3) is 2.95. The molecule has 0 bridgehead atoms. The molecule has 112 valence electrons. The van der Waals surface area contributed by atoms with Crippen LogP contribution >= 0.6 is 0 Å². The Hall–Kier alpha value is -2.76. The Labute approximate surface area is 123 Å². The predicted octanol–water partition coefficient (Wildman–Crippen LogP) is 4.38. The fraction of sp³-hybridized carbons (Fsp3) is 0.0625. The van der Waals surface area contributed by atoms with Crippen molar-refractivity contribution in [3.8, 4) is 0 Å². The van der Waals surface area contributed by atoms with Crippen LogP contribution in [-0.2, 0) is 6.18 Å². The lowest BCUT2D eigenvalue weighted by atomic mass is 10.2. The van der Waals surface area contributed by atoms with Crippen molar-refractivity contribution in [1.82, 2.24) is 0 Å². The minimum atomic E-state index is -4.57. The van der Waals surface area contributed by atoms with Crippen LogP contribution in [-0.4, -0.2) is 0 Å². The highest BCUT2D eigenvalue weighted by Gasteiger charge is 2.34. The fourth-order valence-electron chi connectivity index (χ4n) is 1.99. The number of halogens is 3. The Balaban J connectivity index is 2.14. The van der Waals surface area contributed by atoms with E-state index in [1.165, 1.54) is 6.07 Å². The van der Waals surface area contributed by atoms with Crippen LogP contribution in [0.3, 0.4) is 0 Å². The van der Waals surface area contributed by atoms with Gasteiger partial charge in [0.25, 0.3) is 0 Å². The van der Waals surface area contributed by atoms with Crippen molar-refractivity contribution in [3.63, 3.8) is 0 Å². The third-order valence-electron chi connectivity index (χ3n) is 3.01. The second-order valence-corrected chi connectivity index (χ2v) is 4.58. The van der Waals surface area contributed by atoms with Crippen molar-refractivity contribution >= 4 is 16.7 Å². The third-order valence-corrected chi connectivity index (χ3v) is 3.01. The first-order valence-corrected chi connectivity index (χ1v) is 6.49. The van der Waals surface area contributed by atoms with E-state index >= 15 is 0 Å². The Morgan fingerprint density at radius 3 is 2.32 bits per heavy atom. The number of para-hydroxylation sites is 2. The summed E-state index contributed by atoms with van der Waals surface area (Å²) in [5, 5.41) is 4.73. The number of nitrogens with zero attached hydrogens (tertiary/aromatic N) is 1. The number of hydrogen-bond donors (Lipinski definition) is 1. The first-order valence-electron chi connectivity index (χ1n) is 6.49. The second kappa shape index (κ2) is 5.55. The van der Waals surface area contributed by atoms with Crippen LogP contribution in [0.1, 0.15) is 5.76 Å². The smallest absolute Gasteiger partial charge is 0.449 e. The molecule has 0 unspecified atom stereocenters. The van der Waals surface area contributed by atoms with Crippen LogP contribution in [0.4, 0.5) is 18.9 Å². The monoisotopic (exact) mass is 304 g/mol. The molecule has 0 amide bonds. The molecule has 6 heteroatoms. The molecule has 1 N–H and O–H groups in total. The number of anilines is 1. The fourth-order valence-corrected chi connectivity index (χ4v) is 1.99. The molecular weight excluding hydrogens is 293 g/mol. The summed E-state index contributed by atoms with van der Waals surface area (Å²) in [6.07, 6.45) is -4.57. The molecule has 0 saturated heterocycles. The van der Waals surface area contributed by atoms with E-state index < -0.39 is 11.9 Å². The predicted molar refractivity (Wildman–Crippen MR) is 76.8 cm³/mol. The molecule has 3 nitrogen and oxygen atoms in total. The van der Waals surface area contributed by atoms with E-state index in [9.17, 15) is 13.2 Å². The molecule has 1 aromatic heterocycles. The molecule has 0 aliphatic carbocycles. The second-order valence-electron chi connectivity index (χ2n) is 4.58. The van der Waals surface area contributed by atoms with Crippen LogP contribution in [0.5, 0.6) is 0 Å². The Bertz CT molecular complexity index is 854. The summed E-state index contributed by atoms with van der Waals surface area (Å²) in [6, 6.07) is 16.3. The van der Waals surface area contributed by atoms with Gasteiger partial charge in [0.15, 0.2) is 0 Å². The zero-order chi connectivity index (χ0) is 15.6. The maximum Gasteiger partial charge on any atom is 0.449 e. The molecule has 3 rings (SSSR count). The molecule has 2 aromatic carbocycles. The number of rotatable bonds is 2. The Morgan fingerprint density at radius 2 is 1.59 bits per heavy atom. The zero-order valence-electron chi connectivity index (χ0n) is 11.3. The molecule has 0 aliphatic rings. The summed E-state index contributed by atoms with van der Waals surface area (Å²) >= 11 is 0. The van der Waals surface area contributed by atoms with Crippen molar-refractivity contribution in [1.29, 1.82) is 0 Å². The molecule has 22 heavy (non-hydrogen) atoms. The van der Waals surface area contributed by atoms with E-state index in [1.54, 1.807) is 42.5 Å². The average Bonchev–Trinajstić information content (AvgIpc) is 2.52. The van der Waals surface area contributed by atoms with Crippen molar-refractivity contribution in [2.75, 3.05) is 5.43 Å². The lowest BCUT2D eigenvalue weighted by Crippen LogP contribution is -2.13. The minimum Gasteiger partial charge on any atom is -0.451 e. The normalized spacial score (nSPS) is 12.6. The SMILES string of the molecule is FC(F)(F)c1c/c(=N/Nc2ccccc2)c2ccccc2o1. The first-order chi connectivity index (χ1) is 10.5. The van der Waals surface area contributed by atoms with E-state index in [0.29, 0.717) is 11.1 Å². The summed E-state index contributed by atoms with van der Waals surface area (Å²) in [5.74, 6) is -1.08. The lowest BCUT2D eigenvalue weighted by molar-refractivity contribution is -0.152. The Kier molecular flexibility index (Phi) is 3.58. The van der Waals surface area contributed by atoms with E-state index in [1.807, 2.05) is 6.07 Å². The van der Waals surface area contributed by atoms with Crippen LogP contribution < -0.4 is 10.8 Å². The summed E-state index contributed by atoms with van der Waals surface area (Å²) in [6.45, 7) is 0. The maximum atomic E-state index is 12.9. The summed E-state index contributed by atoms with van der Waals surface area (Å²) < 4.78 is 43.6. The van der Waals surface area contributed by atoms with E-state index in [0.717, 1.165) is 6.07 Å². The average molecular weight is 304 g/mol. The van der Waals surface area contributed by atoms with E-state index in [-0.39, 0.29) is 10.9 Å². The number of alkyl halides is 3. The number of fused-ring (bicyclic) bond motifs is 1. The van der Waals surface area contributed by atoms with Gasteiger partial charge in [-0.25, -0.2) is 0 Å². The topological polar surface area (TPSA) is 37.5 Å². The number of nitrogens with one attached hydrogen (secondary N) is 1. The van der Waals surface area contributed by atoms with E-state index in [4.69, 9.17) is 4.42 Å². The molecule has 0 atom stereocenters. The molecule has 0 saturated carbocycles. The highest BCUT2D eigenvalue weighted by Crippen LogP contribution is 2.29. The molecule has 3 aromatic rings. The van der Waals surface area contributed by atoms with Crippen molar-refractivity contribution < 1.29 is 17.6 Å². The van der Waals surface area contributed by atoms with Gasteiger partial charge in [0.2, 0.25) is 5.76 Å². The maximum absolute atomic E-state index is 12.9. The van der Waals surface area contributed by atoms with Gasteiger partial charge in [-0.05, 0) is 24.3 Å². The van der Waals surface area contributed by atoms with Gasteiger partial charge in [-0.3, -0.25) is 5.43 Å². The van der Waals surface area contributed by atoms with Crippen LogP contribution in [0.25, 0.3) is 11.0 Å². The highest BCUT2D eigenvalue weighted by molar-refractivity contribution is 5.76. The summed E-state index contributed by atoms with van der Waals surface area (Å²) in [7, 11) is 0. The van der Waals surface area contributed by atoms with Crippen LogP contribution in [0.2, 0.25) is 0 Å². The molecule has 0 spiro atoms. The molecule has 0 radical (unpaired) electrons. The quantitative estimate of drug-likeness (QED) is 0.713. The largest absolute Gasteiger partial charge is 0.451 e. The zero-order valence-corrected chi connectivity index (χ0v) is 11.3. The van der Waals surface area contributed by atoms with Gasteiger partial charge in [-0.15, -0.1) is 0 Å². The van der Waals surface area contributed by atoms with Crippen LogP contribution in [0.15, 0.2) is 70.2 Å². The van der Waals surface area contributed by atoms with Gasteiger partial charge in [-0.2, -0.15) is 18.3 Å². The number of benzene rings is 2. The van der Waals surface area contributed by atoms with Gasteiger partial charge < -0.3 is 4.42 Å². The van der Waals surface area contributed by atoms with Crippen LogP contribution in [0, 0.1) is 0 Å². The van der Waals surface area contributed by atoms with Gasteiger partial charge in [0.05, 0.1) is 11.0 Å². The minimum absolute atomic E-state index is 0.130.